The Balaban J connectivity index is 1.71. The highest BCUT2D eigenvalue weighted by Gasteiger charge is 2.43. The highest BCUT2D eigenvalue weighted by molar-refractivity contribution is 5.95. The molecule has 2 aliphatic heterocycles. The standard InChI is InChI=1S/C16H20N2O5/c1-21-12-7-11(8-13(9-12)22-2)14(19)18-5-3-16(4-6-18)10-17-15(20)23-16/h7-9H,3-6,10H2,1-2H3,(H,17,20). The van der Waals surface area contributed by atoms with Crippen LogP contribution in [0.15, 0.2) is 18.2 Å². The van der Waals surface area contributed by atoms with E-state index >= 15 is 0 Å². The van der Waals surface area contributed by atoms with Gasteiger partial charge >= 0.3 is 6.09 Å². The van der Waals surface area contributed by atoms with Gasteiger partial charge in [0.05, 0.1) is 20.8 Å². The third-order valence-electron chi connectivity index (χ3n) is 4.42. The Bertz CT molecular complexity index is 601. The van der Waals surface area contributed by atoms with Crippen molar-refractivity contribution >= 4 is 12.0 Å². The van der Waals surface area contributed by atoms with Crippen molar-refractivity contribution in [1.29, 1.82) is 0 Å². The van der Waals surface area contributed by atoms with Crippen molar-refractivity contribution in [2.75, 3.05) is 33.9 Å². The van der Waals surface area contributed by atoms with E-state index in [0.717, 1.165) is 0 Å². The second-order valence-corrected chi connectivity index (χ2v) is 5.82. The van der Waals surface area contributed by atoms with Crippen molar-refractivity contribution in [2.45, 2.75) is 18.4 Å². The third-order valence-corrected chi connectivity index (χ3v) is 4.42. The highest BCUT2D eigenvalue weighted by atomic mass is 16.6. The van der Waals surface area contributed by atoms with Gasteiger partial charge in [0.15, 0.2) is 0 Å². The van der Waals surface area contributed by atoms with E-state index in [0.29, 0.717) is 49.5 Å². The molecule has 2 amide bonds. The molecular formula is C16H20N2O5. The first-order valence-electron chi connectivity index (χ1n) is 7.54. The molecule has 1 N–H and O–H groups in total. The summed E-state index contributed by atoms with van der Waals surface area (Å²) in [5.74, 6) is 1.08. The summed E-state index contributed by atoms with van der Waals surface area (Å²) in [5, 5.41) is 2.69. The van der Waals surface area contributed by atoms with Gasteiger partial charge in [0.25, 0.3) is 5.91 Å². The van der Waals surface area contributed by atoms with Crippen LogP contribution in [0.5, 0.6) is 11.5 Å². The summed E-state index contributed by atoms with van der Waals surface area (Å²) >= 11 is 0. The van der Waals surface area contributed by atoms with E-state index in [1.54, 1.807) is 37.3 Å². The lowest BCUT2D eigenvalue weighted by atomic mass is 9.91. The number of hydrogen-bond acceptors (Lipinski definition) is 5. The molecule has 3 rings (SSSR count). The number of nitrogens with zero attached hydrogens (tertiary/aromatic N) is 1. The molecule has 2 fully saturated rings. The van der Waals surface area contributed by atoms with Gasteiger partial charge in [-0.25, -0.2) is 4.79 Å². The van der Waals surface area contributed by atoms with Gasteiger partial charge in [-0.05, 0) is 12.1 Å². The molecule has 7 nitrogen and oxygen atoms in total. The van der Waals surface area contributed by atoms with Crippen LogP contribution in [-0.4, -0.2) is 56.4 Å². The van der Waals surface area contributed by atoms with Crippen LogP contribution in [0.2, 0.25) is 0 Å². The molecule has 0 aromatic heterocycles. The lowest BCUT2D eigenvalue weighted by molar-refractivity contribution is 0.00329. The molecule has 1 aromatic rings. The minimum Gasteiger partial charge on any atom is -0.497 e. The number of nitrogens with one attached hydrogen (secondary N) is 1. The SMILES string of the molecule is COc1cc(OC)cc(C(=O)N2CCC3(CC2)CNC(=O)O3)c1. The number of amides is 2. The lowest BCUT2D eigenvalue weighted by Gasteiger charge is -2.37. The van der Waals surface area contributed by atoms with Crippen molar-refractivity contribution in [2.24, 2.45) is 0 Å². The number of piperidine rings is 1. The maximum atomic E-state index is 12.7. The van der Waals surface area contributed by atoms with Crippen molar-refractivity contribution < 1.29 is 23.8 Å². The molecule has 1 spiro atoms. The zero-order chi connectivity index (χ0) is 16.4. The number of carbonyl (C=O) groups is 2. The zero-order valence-corrected chi connectivity index (χ0v) is 13.3. The number of rotatable bonds is 3. The van der Waals surface area contributed by atoms with E-state index in [1.807, 2.05) is 0 Å². The smallest absolute Gasteiger partial charge is 0.407 e. The first kappa shape index (κ1) is 15.5. The molecule has 23 heavy (non-hydrogen) atoms. The molecular weight excluding hydrogens is 300 g/mol. The van der Waals surface area contributed by atoms with Crippen LogP contribution < -0.4 is 14.8 Å². The minimum absolute atomic E-state index is 0.0747. The van der Waals surface area contributed by atoms with E-state index < -0.39 is 5.60 Å². The van der Waals surface area contributed by atoms with Gasteiger partial charge in [0.2, 0.25) is 0 Å². The molecule has 1 aromatic carbocycles. The van der Waals surface area contributed by atoms with Crippen LogP contribution >= 0.6 is 0 Å². The summed E-state index contributed by atoms with van der Waals surface area (Å²) in [6.07, 6.45) is 0.902. The minimum atomic E-state index is -0.458. The summed E-state index contributed by atoms with van der Waals surface area (Å²) in [7, 11) is 3.10. The van der Waals surface area contributed by atoms with Crippen LogP contribution in [-0.2, 0) is 4.74 Å². The van der Waals surface area contributed by atoms with Crippen molar-refractivity contribution in [3.05, 3.63) is 23.8 Å². The van der Waals surface area contributed by atoms with Crippen LogP contribution in [0.4, 0.5) is 4.79 Å². The Morgan fingerprint density at radius 3 is 2.26 bits per heavy atom. The Hall–Kier alpha value is -2.44. The van der Waals surface area contributed by atoms with Gasteiger partial charge in [0.1, 0.15) is 17.1 Å². The number of alkyl carbamates (subject to hydrolysis) is 1. The fourth-order valence-corrected chi connectivity index (χ4v) is 3.01. The summed E-state index contributed by atoms with van der Waals surface area (Å²) in [4.78, 5) is 25.7. The summed E-state index contributed by atoms with van der Waals surface area (Å²) in [6, 6.07) is 5.13. The average Bonchev–Trinajstić information content (AvgIpc) is 2.94. The number of ether oxygens (including phenoxy) is 3. The highest BCUT2D eigenvalue weighted by Crippen LogP contribution is 2.30. The van der Waals surface area contributed by atoms with Crippen molar-refractivity contribution in [3.8, 4) is 11.5 Å². The molecule has 0 bridgehead atoms. The number of methoxy groups -OCH3 is 2. The van der Waals surface area contributed by atoms with Crippen LogP contribution in [0.1, 0.15) is 23.2 Å². The fourth-order valence-electron chi connectivity index (χ4n) is 3.01. The molecule has 0 atom stereocenters. The molecule has 0 unspecified atom stereocenters. The Morgan fingerprint density at radius 2 is 1.78 bits per heavy atom. The van der Waals surface area contributed by atoms with E-state index in [9.17, 15) is 9.59 Å². The maximum Gasteiger partial charge on any atom is 0.407 e. The van der Waals surface area contributed by atoms with Gasteiger partial charge in [-0.15, -0.1) is 0 Å². The third kappa shape index (κ3) is 3.04. The Labute approximate surface area is 134 Å². The van der Waals surface area contributed by atoms with Gasteiger partial charge in [0, 0.05) is 37.6 Å². The van der Waals surface area contributed by atoms with Crippen LogP contribution in [0.3, 0.4) is 0 Å². The van der Waals surface area contributed by atoms with E-state index in [2.05, 4.69) is 5.32 Å². The number of carbonyl (C=O) groups excluding carboxylic acids is 2. The van der Waals surface area contributed by atoms with E-state index in [4.69, 9.17) is 14.2 Å². The second kappa shape index (κ2) is 5.98. The van der Waals surface area contributed by atoms with Crippen molar-refractivity contribution in [3.63, 3.8) is 0 Å². The Morgan fingerprint density at radius 1 is 1.17 bits per heavy atom. The second-order valence-electron chi connectivity index (χ2n) is 5.82. The van der Waals surface area contributed by atoms with Crippen LogP contribution in [0.25, 0.3) is 0 Å². The average molecular weight is 320 g/mol. The molecule has 7 heteroatoms. The monoisotopic (exact) mass is 320 g/mol. The molecule has 0 aliphatic carbocycles. The number of likely N-dealkylation sites (tertiary alicyclic amines) is 1. The Kier molecular flexibility index (Phi) is 4.02. The van der Waals surface area contributed by atoms with Gasteiger partial charge in [-0.2, -0.15) is 0 Å². The van der Waals surface area contributed by atoms with Gasteiger partial charge in [-0.1, -0.05) is 0 Å². The summed E-state index contributed by atoms with van der Waals surface area (Å²) < 4.78 is 15.8. The predicted molar refractivity (Wildman–Crippen MR) is 81.9 cm³/mol. The quantitative estimate of drug-likeness (QED) is 0.911. The first-order chi connectivity index (χ1) is 11.0. The zero-order valence-electron chi connectivity index (χ0n) is 13.3. The molecule has 0 radical (unpaired) electrons. The normalized spacial score (nSPS) is 19.2. The number of benzene rings is 1. The first-order valence-corrected chi connectivity index (χ1v) is 7.54. The predicted octanol–water partition coefficient (Wildman–Crippen LogP) is 1.42. The molecule has 2 saturated heterocycles. The molecule has 2 heterocycles. The molecule has 0 saturated carbocycles. The summed E-state index contributed by atoms with van der Waals surface area (Å²) in [6.45, 7) is 1.61. The fraction of sp³-hybridized carbons (Fsp3) is 0.500. The lowest BCUT2D eigenvalue weighted by Crippen LogP contribution is -2.48. The largest absolute Gasteiger partial charge is 0.497 e. The topological polar surface area (TPSA) is 77.1 Å². The van der Waals surface area contributed by atoms with Gasteiger partial charge < -0.3 is 24.4 Å². The van der Waals surface area contributed by atoms with Gasteiger partial charge in [-0.3, -0.25) is 4.79 Å². The van der Waals surface area contributed by atoms with Crippen LogP contribution in [0, 0.1) is 0 Å². The molecule has 2 aliphatic rings. The van der Waals surface area contributed by atoms with E-state index in [-0.39, 0.29) is 12.0 Å². The summed E-state index contributed by atoms with van der Waals surface area (Å²) in [5.41, 5.74) is 0.0682. The number of hydrogen-bond donors (Lipinski definition) is 1. The molecule has 124 valence electrons. The maximum absolute atomic E-state index is 12.7. The van der Waals surface area contributed by atoms with Crippen molar-refractivity contribution in [1.82, 2.24) is 10.2 Å². The van der Waals surface area contributed by atoms with E-state index in [1.165, 1.54) is 0 Å².